The Kier molecular flexibility index (Phi) is 7.15. The minimum atomic E-state index is -0.267. The van der Waals surface area contributed by atoms with Crippen LogP contribution in [0, 0.1) is 0 Å². The van der Waals surface area contributed by atoms with Gasteiger partial charge < -0.3 is 0 Å². The van der Waals surface area contributed by atoms with Gasteiger partial charge in [-0.2, -0.15) is 5.10 Å². The standard InChI is InChI=1S/C19H20Cl2N4O2S/c1-2-3-10-25-17(26)8-7-16(23-25)18(27)24-9-4-11-28-19(24)22-13-5-6-14(20)15(21)12-13/h5-8,12H,2-4,9-11H2,1H3. The van der Waals surface area contributed by atoms with Crippen LogP contribution in [0.3, 0.4) is 0 Å². The molecule has 148 valence electrons. The van der Waals surface area contributed by atoms with Crippen LogP contribution in [-0.4, -0.2) is 38.1 Å². The second-order valence-corrected chi connectivity index (χ2v) is 8.16. The van der Waals surface area contributed by atoms with Crippen molar-refractivity contribution in [3.63, 3.8) is 0 Å². The summed E-state index contributed by atoms with van der Waals surface area (Å²) in [6.07, 6.45) is 2.62. The summed E-state index contributed by atoms with van der Waals surface area (Å²) < 4.78 is 1.35. The SMILES string of the molecule is CCCCn1nc(C(=O)N2CCCSC2=Nc2ccc(Cl)c(Cl)c2)ccc1=O. The van der Waals surface area contributed by atoms with Gasteiger partial charge in [0.05, 0.1) is 15.7 Å². The van der Waals surface area contributed by atoms with Crippen molar-refractivity contribution in [3.8, 4) is 0 Å². The Balaban J connectivity index is 1.89. The zero-order chi connectivity index (χ0) is 20.1. The van der Waals surface area contributed by atoms with Crippen LogP contribution in [0.4, 0.5) is 5.69 Å². The van der Waals surface area contributed by atoms with E-state index in [1.165, 1.54) is 28.6 Å². The number of carbonyl (C=O) groups excluding carboxylic acids is 1. The minimum Gasteiger partial charge on any atom is -0.286 e. The molecular formula is C19H20Cl2N4O2S. The van der Waals surface area contributed by atoms with Crippen molar-refractivity contribution in [2.75, 3.05) is 12.3 Å². The van der Waals surface area contributed by atoms with Crippen molar-refractivity contribution in [3.05, 3.63) is 56.4 Å². The summed E-state index contributed by atoms with van der Waals surface area (Å²) in [6, 6.07) is 7.96. The number of halogens is 2. The number of aliphatic imine (C=N–C) groups is 1. The third-order valence-corrected chi connectivity index (χ3v) is 5.97. The molecule has 6 nitrogen and oxygen atoms in total. The summed E-state index contributed by atoms with van der Waals surface area (Å²) >= 11 is 13.5. The molecule has 1 aliphatic rings. The molecule has 0 saturated carbocycles. The first-order valence-electron chi connectivity index (χ1n) is 9.06. The molecule has 0 radical (unpaired) electrons. The van der Waals surface area contributed by atoms with E-state index in [1.807, 2.05) is 6.92 Å². The summed E-state index contributed by atoms with van der Waals surface area (Å²) in [4.78, 5) is 31.2. The number of amides is 1. The smallest absolute Gasteiger partial charge is 0.280 e. The van der Waals surface area contributed by atoms with Gasteiger partial charge in [-0.1, -0.05) is 48.3 Å². The Hall–Kier alpha value is -1.83. The molecule has 1 amide bonds. The monoisotopic (exact) mass is 438 g/mol. The Morgan fingerprint density at radius 3 is 2.82 bits per heavy atom. The van der Waals surface area contributed by atoms with E-state index in [-0.39, 0.29) is 17.2 Å². The zero-order valence-corrected chi connectivity index (χ0v) is 17.7. The van der Waals surface area contributed by atoms with Crippen LogP contribution in [0.5, 0.6) is 0 Å². The van der Waals surface area contributed by atoms with Gasteiger partial charge in [0.1, 0.15) is 5.69 Å². The van der Waals surface area contributed by atoms with Gasteiger partial charge in [0.2, 0.25) is 0 Å². The van der Waals surface area contributed by atoms with E-state index in [0.717, 1.165) is 25.0 Å². The first-order valence-corrected chi connectivity index (χ1v) is 10.8. The lowest BCUT2D eigenvalue weighted by Gasteiger charge is -2.27. The average Bonchev–Trinajstić information content (AvgIpc) is 2.70. The van der Waals surface area contributed by atoms with Gasteiger partial charge in [0.15, 0.2) is 5.17 Å². The number of hydrogen-bond donors (Lipinski definition) is 0. The van der Waals surface area contributed by atoms with Gasteiger partial charge in [-0.05, 0) is 37.1 Å². The molecule has 0 atom stereocenters. The average molecular weight is 439 g/mol. The molecule has 0 N–H and O–H groups in total. The maximum Gasteiger partial charge on any atom is 0.280 e. The second kappa shape index (κ2) is 9.58. The number of rotatable bonds is 5. The lowest BCUT2D eigenvalue weighted by molar-refractivity contribution is 0.0840. The molecule has 1 fully saturated rings. The lowest BCUT2D eigenvalue weighted by atomic mass is 10.3. The zero-order valence-electron chi connectivity index (χ0n) is 15.4. The third-order valence-electron chi connectivity index (χ3n) is 4.17. The Morgan fingerprint density at radius 2 is 2.07 bits per heavy atom. The lowest BCUT2D eigenvalue weighted by Crippen LogP contribution is -2.40. The molecule has 0 aliphatic carbocycles. The largest absolute Gasteiger partial charge is 0.286 e. The van der Waals surface area contributed by atoms with Crippen molar-refractivity contribution in [1.29, 1.82) is 0 Å². The molecule has 9 heteroatoms. The highest BCUT2D eigenvalue weighted by Crippen LogP contribution is 2.29. The molecule has 3 rings (SSSR count). The molecule has 0 unspecified atom stereocenters. The van der Waals surface area contributed by atoms with Crippen molar-refractivity contribution in [2.24, 2.45) is 4.99 Å². The maximum atomic E-state index is 13.1. The summed E-state index contributed by atoms with van der Waals surface area (Å²) in [7, 11) is 0. The number of benzene rings is 1. The number of thioether (sulfide) groups is 1. The highest BCUT2D eigenvalue weighted by atomic mass is 35.5. The fraction of sp³-hybridized carbons (Fsp3) is 0.368. The molecule has 28 heavy (non-hydrogen) atoms. The van der Waals surface area contributed by atoms with Gasteiger partial charge in [-0.15, -0.1) is 0 Å². The van der Waals surface area contributed by atoms with Crippen LogP contribution in [0.15, 0.2) is 40.1 Å². The van der Waals surface area contributed by atoms with E-state index < -0.39 is 0 Å². The molecule has 1 aromatic carbocycles. The van der Waals surface area contributed by atoms with E-state index in [4.69, 9.17) is 23.2 Å². The molecule has 1 saturated heterocycles. The number of carbonyl (C=O) groups is 1. The predicted molar refractivity (Wildman–Crippen MR) is 115 cm³/mol. The first-order chi connectivity index (χ1) is 13.5. The minimum absolute atomic E-state index is 0.206. The van der Waals surface area contributed by atoms with Crippen LogP contribution in [0.2, 0.25) is 10.0 Å². The van der Waals surface area contributed by atoms with E-state index in [9.17, 15) is 9.59 Å². The Bertz CT molecular complexity index is 961. The fourth-order valence-corrected chi connectivity index (χ4v) is 3.92. The highest BCUT2D eigenvalue weighted by Gasteiger charge is 2.26. The number of aromatic nitrogens is 2. The maximum absolute atomic E-state index is 13.1. The van der Waals surface area contributed by atoms with Crippen molar-refractivity contribution < 1.29 is 4.79 Å². The van der Waals surface area contributed by atoms with Crippen LogP contribution in [0.25, 0.3) is 0 Å². The van der Waals surface area contributed by atoms with Crippen LogP contribution in [0.1, 0.15) is 36.7 Å². The van der Waals surface area contributed by atoms with E-state index in [0.29, 0.717) is 34.0 Å². The summed E-state index contributed by atoms with van der Waals surface area (Å²) in [5.41, 5.74) is 0.653. The predicted octanol–water partition coefficient (Wildman–Crippen LogP) is 4.62. The molecule has 0 bridgehead atoms. The molecule has 1 aromatic heterocycles. The van der Waals surface area contributed by atoms with Crippen molar-refractivity contribution in [2.45, 2.75) is 32.7 Å². The second-order valence-electron chi connectivity index (χ2n) is 6.29. The van der Waals surface area contributed by atoms with Gasteiger partial charge in [0.25, 0.3) is 11.5 Å². The van der Waals surface area contributed by atoms with Crippen LogP contribution < -0.4 is 5.56 Å². The first kappa shape index (κ1) is 20.9. The van der Waals surface area contributed by atoms with E-state index >= 15 is 0 Å². The normalized spacial score (nSPS) is 15.8. The molecule has 0 spiro atoms. The number of unbranched alkanes of at least 4 members (excludes halogenated alkanes) is 1. The molecule has 1 aliphatic heterocycles. The van der Waals surface area contributed by atoms with Gasteiger partial charge in [-0.25, -0.2) is 9.67 Å². The third kappa shape index (κ3) is 4.96. The Morgan fingerprint density at radius 1 is 1.25 bits per heavy atom. The van der Waals surface area contributed by atoms with Gasteiger partial charge in [-0.3, -0.25) is 14.5 Å². The fourth-order valence-electron chi connectivity index (χ4n) is 2.68. The number of nitrogens with zero attached hydrogens (tertiary/aromatic N) is 4. The summed E-state index contributed by atoms with van der Waals surface area (Å²) in [5, 5.41) is 5.71. The molecule has 2 heterocycles. The topological polar surface area (TPSA) is 67.6 Å². The van der Waals surface area contributed by atoms with Gasteiger partial charge >= 0.3 is 0 Å². The number of aryl methyl sites for hydroxylation is 1. The summed E-state index contributed by atoms with van der Waals surface area (Å²) in [5.74, 6) is 0.601. The quantitative estimate of drug-likeness (QED) is 0.682. The van der Waals surface area contributed by atoms with E-state index in [1.54, 1.807) is 23.1 Å². The Labute approximate surface area is 177 Å². The highest BCUT2D eigenvalue weighted by molar-refractivity contribution is 8.13. The van der Waals surface area contributed by atoms with Crippen LogP contribution >= 0.6 is 35.0 Å². The van der Waals surface area contributed by atoms with Crippen LogP contribution in [-0.2, 0) is 6.54 Å². The van der Waals surface area contributed by atoms with Crippen molar-refractivity contribution in [1.82, 2.24) is 14.7 Å². The summed E-state index contributed by atoms with van der Waals surface area (Å²) in [6.45, 7) is 3.08. The molecular weight excluding hydrogens is 419 g/mol. The van der Waals surface area contributed by atoms with Crippen molar-refractivity contribution >= 4 is 51.7 Å². The molecule has 2 aromatic rings. The van der Waals surface area contributed by atoms with Gasteiger partial charge in [0, 0.05) is 24.9 Å². The number of amidine groups is 1. The number of hydrogen-bond acceptors (Lipinski definition) is 5. The van der Waals surface area contributed by atoms with E-state index in [2.05, 4.69) is 10.1 Å².